The Morgan fingerprint density at radius 2 is 1.92 bits per heavy atom. The maximum absolute atomic E-state index is 12.6. The largest absolute Gasteiger partial charge is 0.416 e. The smallest absolute Gasteiger partial charge is 0.376 e. The maximum atomic E-state index is 12.6. The van der Waals surface area contributed by atoms with E-state index in [9.17, 15) is 18.0 Å². The summed E-state index contributed by atoms with van der Waals surface area (Å²) in [5.74, 6) is -0.465. The van der Waals surface area contributed by atoms with E-state index in [2.05, 4.69) is 10.6 Å². The monoisotopic (exact) mass is 353 g/mol. The molecule has 0 aromatic heterocycles. The molecular weight excluding hydrogens is 343 g/mol. The number of anilines is 2. The predicted molar refractivity (Wildman–Crippen MR) is 84.7 cm³/mol. The van der Waals surface area contributed by atoms with Crippen molar-refractivity contribution in [2.75, 3.05) is 17.2 Å². The number of nitrogens with one attached hydrogen (secondary N) is 2. The van der Waals surface area contributed by atoms with Crippen molar-refractivity contribution >= 4 is 28.9 Å². The van der Waals surface area contributed by atoms with Crippen LogP contribution in [0.25, 0.3) is 0 Å². The molecule has 1 amide bonds. The van der Waals surface area contributed by atoms with Crippen LogP contribution in [0.2, 0.25) is 5.02 Å². The summed E-state index contributed by atoms with van der Waals surface area (Å²) >= 11 is 5.85. The first-order valence-corrected chi connectivity index (χ1v) is 7.08. The molecule has 0 unspecified atom stereocenters. The molecule has 0 saturated heterocycles. The minimum absolute atomic E-state index is 0.179. The second-order valence-corrected chi connectivity index (χ2v) is 5.19. The van der Waals surface area contributed by atoms with Gasteiger partial charge in [-0.2, -0.15) is 18.4 Å². The summed E-state index contributed by atoms with van der Waals surface area (Å²) in [5, 5.41) is 14.1. The van der Waals surface area contributed by atoms with Crippen molar-refractivity contribution in [1.29, 1.82) is 5.26 Å². The number of hydrogen-bond donors (Lipinski definition) is 2. The van der Waals surface area contributed by atoms with E-state index in [1.807, 2.05) is 6.07 Å². The lowest BCUT2D eigenvalue weighted by Gasteiger charge is -2.11. The Hall–Kier alpha value is -2.72. The van der Waals surface area contributed by atoms with Crippen LogP contribution in [0, 0.1) is 11.3 Å². The summed E-state index contributed by atoms with van der Waals surface area (Å²) < 4.78 is 37.8. The molecular formula is C16H11ClF3N3O. The second-order valence-electron chi connectivity index (χ2n) is 4.79. The SMILES string of the molecule is N#Cc1ccc(NC(=O)CNc2cccc(C(F)(F)F)c2)cc1Cl. The first-order chi connectivity index (χ1) is 11.3. The molecule has 4 nitrogen and oxygen atoms in total. The lowest BCUT2D eigenvalue weighted by molar-refractivity contribution is -0.137. The Bertz CT molecular complexity index is 800. The van der Waals surface area contributed by atoms with Gasteiger partial charge in [-0.25, -0.2) is 0 Å². The quantitative estimate of drug-likeness (QED) is 0.862. The van der Waals surface area contributed by atoms with E-state index < -0.39 is 17.6 Å². The fraction of sp³-hybridized carbons (Fsp3) is 0.125. The van der Waals surface area contributed by atoms with Gasteiger partial charge < -0.3 is 10.6 Å². The summed E-state index contributed by atoms with van der Waals surface area (Å²) in [6.45, 7) is -0.223. The molecule has 0 aliphatic rings. The molecule has 0 spiro atoms. The number of hydrogen-bond acceptors (Lipinski definition) is 3. The average molecular weight is 354 g/mol. The Morgan fingerprint density at radius 1 is 1.17 bits per heavy atom. The molecule has 0 aliphatic carbocycles. The number of carbonyl (C=O) groups is 1. The zero-order chi connectivity index (χ0) is 17.7. The summed E-state index contributed by atoms with van der Waals surface area (Å²) in [4.78, 5) is 11.8. The van der Waals surface area contributed by atoms with Gasteiger partial charge in [-0.05, 0) is 36.4 Å². The van der Waals surface area contributed by atoms with Crippen molar-refractivity contribution < 1.29 is 18.0 Å². The Balaban J connectivity index is 1.97. The van der Waals surface area contributed by atoms with E-state index >= 15 is 0 Å². The fourth-order valence-corrected chi connectivity index (χ4v) is 2.10. The standard InChI is InChI=1S/C16H11ClF3N3O/c17-14-7-13(5-4-10(14)8-21)23-15(24)9-22-12-3-1-2-11(6-12)16(18,19)20/h1-7,22H,9H2,(H,23,24). The number of carbonyl (C=O) groups excluding carboxylic acids is 1. The minimum atomic E-state index is -4.45. The highest BCUT2D eigenvalue weighted by Crippen LogP contribution is 2.30. The molecule has 2 aromatic carbocycles. The third-order valence-electron chi connectivity index (χ3n) is 3.02. The van der Waals surface area contributed by atoms with Crippen molar-refractivity contribution in [3.8, 4) is 6.07 Å². The molecule has 24 heavy (non-hydrogen) atoms. The molecule has 2 rings (SSSR count). The third kappa shape index (κ3) is 4.64. The highest BCUT2D eigenvalue weighted by Gasteiger charge is 2.30. The van der Waals surface area contributed by atoms with Crippen molar-refractivity contribution in [2.24, 2.45) is 0 Å². The van der Waals surface area contributed by atoms with Gasteiger partial charge in [0, 0.05) is 11.4 Å². The van der Waals surface area contributed by atoms with Crippen LogP contribution in [-0.4, -0.2) is 12.5 Å². The van der Waals surface area contributed by atoms with Crippen LogP contribution in [0.1, 0.15) is 11.1 Å². The van der Waals surface area contributed by atoms with Crippen LogP contribution in [0.5, 0.6) is 0 Å². The predicted octanol–water partition coefficient (Wildman–Crippen LogP) is 4.28. The van der Waals surface area contributed by atoms with Crippen LogP contribution in [-0.2, 0) is 11.0 Å². The molecule has 0 bridgehead atoms. The molecule has 2 aromatic rings. The molecule has 0 fully saturated rings. The third-order valence-corrected chi connectivity index (χ3v) is 3.33. The van der Waals surface area contributed by atoms with Crippen molar-refractivity contribution in [2.45, 2.75) is 6.18 Å². The van der Waals surface area contributed by atoms with Gasteiger partial charge in [-0.3, -0.25) is 4.79 Å². The molecule has 124 valence electrons. The molecule has 0 saturated carbocycles. The van der Waals surface area contributed by atoms with Gasteiger partial charge in [0.25, 0.3) is 0 Å². The number of alkyl halides is 3. The number of rotatable bonds is 4. The van der Waals surface area contributed by atoms with E-state index in [1.165, 1.54) is 30.3 Å². The van der Waals surface area contributed by atoms with Gasteiger partial charge in [0.05, 0.1) is 22.7 Å². The van der Waals surface area contributed by atoms with E-state index in [1.54, 1.807) is 0 Å². The molecule has 8 heteroatoms. The summed E-state index contributed by atoms with van der Waals surface area (Å²) in [7, 11) is 0. The van der Waals surface area contributed by atoms with E-state index in [0.717, 1.165) is 12.1 Å². The summed E-state index contributed by atoms with van der Waals surface area (Å²) in [6, 6.07) is 10.8. The number of halogens is 4. The van der Waals surface area contributed by atoms with E-state index in [-0.39, 0.29) is 22.8 Å². The summed E-state index contributed by atoms with van der Waals surface area (Å²) in [6.07, 6.45) is -4.45. The number of amides is 1. The first-order valence-electron chi connectivity index (χ1n) is 6.70. The van der Waals surface area contributed by atoms with Gasteiger partial charge in [-0.15, -0.1) is 0 Å². The molecule has 0 heterocycles. The van der Waals surface area contributed by atoms with Gasteiger partial charge in [0.2, 0.25) is 5.91 Å². The fourth-order valence-electron chi connectivity index (χ4n) is 1.88. The van der Waals surface area contributed by atoms with Crippen molar-refractivity contribution in [1.82, 2.24) is 0 Å². The zero-order valence-corrected chi connectivity index (χ0v) is 12.9. The molecule has 0 atom stereocenters. The normalized spacial score (nSPS) is 10.8. The summed E-state index contributed by atoms with van der Waals surface area (Å²) in [5.41, 5.74) is 0.0382. The van der Waals surface area contributed by atoms with Crippen LogP contribution < -0.4 is 10.6 Å². The number of benzene rings is 2. The maximum Gasteiger partial charge on any atom is 0.416 e. The highest BCUT2D eigenvalue weighted by atomic mass is 35.5. The Kier molecular flexibility index (Phi) is 5.31. The second kappa shape index (κ2) is 7.23. The Morgan fingerprint density at radius 3 is 2.54 bits per heavy atom. The lowest BCUT2D eigenvalue weighted by atomic mass is 10.2. The van der Waals surface area contributed by atoms with Crippen LogP contribution in [0.3, 0.4) is 0 Å². The minimum Gasteiger partial charge on any atom is -0.376 e. The topological polar surface area (TPSA) is 64.9 Å². The lowest BCUT2D eigenvalue weighted by Crippen LogP contribution is -2.22. The van der Waals surface area contributed by atoms with E-state index in [0.29, 0.717) is 5.69 Å². The highest BCUT2D eigenvalue weighted by molar-refractivity contribution is 6.32. The molecule has 0 radical (unpaired) electrons. The number of nitriles is 1. The molecule has 0 aliphatic heterocycles. The zero-order valence-electron chi connectivity index (χ0n) is 12.1. The van der Waals surface area contributed by atoms with Crippen molar-refractivity contribution in [3.63, 3.8) is 0 Å². The first kappa shape index (κ1) is 17.6. The van der Waals surface area contributed by atoms with Crippen LogP contribution >= 0.6 is 11.6 Å². The van der Waals surface area contributed by atoms with Gasteiger partial charge in [0.15, 0.2) is 0 Å². The van der Waals surface area contributed by atoms with Gasteiger partial charge >= 0.3 is 6.18 Å². The number of nitrogens with zero attached hydrogens (tertiary/aromatic N) is 1. The van der Waals surface area contributed by atoms with Gasteiger partial charge in [-0.1, -0.05) is 17.7 Å². The van der Waals surface area contributed by atoms with E-state index in [4.69, 9.17) is 16.9 Å². The average Bonchev–Trinajstić information content (AvgIpc) is 2.53. The van der Waals surface area contributed by atoms with Crippen LogP contribution in [0.4, 0.5) is 24.5 Å². The van der Waals surface area contributed by atoms with Crippen molar-refractivity contribution in [3.05, 3.63) is 58.6 Å². The van der Waals surface area contributed by atoms with Gasteiger partial charge in [0.1, 0.15) is 6.07 Å². The molecule has 2 N–H and O–H groups in total. The van der Waals surface area contributed by atoms with Crippen LogP contribution in [0.15, 0.2) is 42.5 Å². The Labute approximate surface area is 140 Å².